The normalized spacial score (nSPS) is 19.7. The van der Waals surface area contributed by atoms with Crippen LogP contribution in [-0.4, -0.2) is 27.7 Å². The lowest BCUT2D eigenvalue weighted by molar-refractivity contribution is -0.131. The van der Waals surface area contributed by atoms with Gasteiger partial charge in [0.05, 0.1) is 5.69 Å². The van der Waals surface area contributed by atoms with Gasteiger partial charge < -0.3 is 9.47 Å². The summed E-state index contributed by atoms with van der Waals surface area (Å²) < 4.78 is 2.06. The van der Waals surface area contributed by atoms with E-state index >= 15 is 0 Å². The maximum absolute atomic E-state index is 12.7. The van der Waals surface area contributed by atoms with Crippen molar-refractivity contribution in [1.82, 2.24) is 9.47 Å². The van der Waals surface area contributed by atoms with Crippen LogP contribution in [0.4, 0.5) is 0 Å². The molecule has 1 saturated heterocycles. The number of alkyl halides is 1. The number of aromatic nitrogens is 1. The minimum atomic E-state index is -0.618. The Labute approximate surface area is 133 Å². The molecule has 21 heavy (non-hydrogen) atoms. The van der Waals surface area contributed by atoms with Crippen molar-refractivity contribution in [1.29, 1.82) is 0 Å². The fourth-order valence-electron chi connectivity index (χ4n) is 2.58. The Morgan fingerprint density at radius 2 is 2.05 bits per heavy atom. The molecule has 5 heteroatoms. The van der Waals surface area contributed by atoms with Gasteiger partial charge in [0.25, 0.3) is 0 Å². The van der Waals surface area contributed by atoms with Crippen molar-refractivity contribution in [2.45, 2.75) is 10.8 Å². The second-order valence-corrected chi connectivity index (χ2v) is 6.70. The van der Waals surface area contributed by atoms with Crippen molar-refractivity contribution in [3.05, 3.63) is 59.9 Å². The van der Waals surface area contributed by atoms with E-state index in [2.05, 4.69) is 10.6 Å². The molecule has 2 atom stereocenters. The summed E-state index contributed by atoms with van der Waals surface area (Å²) in [5.41, 5.74) is 1.99. The molecule has 1 aromatic carbocycles. The predicted molar refractivity (Wildman–Crippen MR) is 87.4 cm³/mol. The van der Waals surface area contributed by atoms with Gasteiger partial charge in [0.2, 0.25) is 5.91 Å². The van der Waals surface area contributed by atoms with Gasteiger partial charge in [-0.25, -0.2) is 0 Å². The number of aryl methyl sites for hydroxylation is 1. The fraction of sp³-hybridized carbons (Fsp3) is 0.312. The molecule has 1 fully saturated rings. The van der Waals surface area contributed by atoms with Crippen LogP contribution in [0.2, 0.25) is 0 Å². The number of thioether (sulfide) groups is 1. The molecule has 0 radical (unpaired) electrons. The van der Waals surface area contributed by atoms with Gasteiger partial charge in [-0.05, 0) is 17.7 Å². The van der Waals surface area contributed by atoms with Crippen molar-refractivity contribution in [2.24, 2.45) is 7.05 Å². The molecule has 0 unspecified atom stereocenters. The molecule has 0 bridgehead atoms. The minimum absolute atomic E-state index is 0.0148. The van der Waals surface area contributed by atoms with E-state index in [0.29, 0.717) is 0 Å². The number of hydrogen-bond donors (Lipinski definition) is 0. The average Bonchev–Trinajstić information content (AvgIpc) is 3.14. The topological polar surface area (TPSA) is 25.2 Å². The van der Waals surface area contributed by atoms with Crippen LogP contribution >= 0.6 is 23.4 Å². The Balaban J connectivity index is 1.82. The van der Waals surface area contributed by atoms with Crippen LogP contribution < -0.4 is 0 Å². The third-order valence-electron chi connectivity index (χ3n) is 3.72. The summed E-state index contributed by atoms with van der Waals surface area (Å²) in [7, 11) is 2.01. The van der Waals surface area contributed by atoms with E-state index in [1.165, 1.54) is 0 Å². The highest BCUT2D eigenvalue weighted by Gasteiger charge is 2.35. The number of benzene rings is 1. The van der Waals surface area contributed by atoms with E-state index in [1.807, 2.05) is 54.5 Å². The summed E-state index contributed by atoms with van der Waals surface area (Å²) in [6.07, 6.45) is 2.01. The predicted octanol–water partition coefficient (Wildman–Crippen LogP) is 3.58. The Morgan fingerprint density at radius 3 is 2.71 bits per heavy atom. The van der Waals surface area contributed by atoms with E-state index in [9.17, 15) is 4.79 Å². The SMILES string of the molecule is Cn1cccc1[C@@H]1SCCN1C(=O)[C@H](Cl)c1ccccc1. The second-order valence-electron chi connectivity index (χ2n) is 5.07. The zero-order chi connectivity index (χ0) is 14.8. The molecule has 0 N–H and O–H groups in total. The van der Waals surface area contributed by atoms with Crippen molar-refractivity contribution in [3.63, 3.8) is 0 Å². The molecule has 110 valence electrons. The number of hydrogen-bond acceptors (Lipinski definition) is 2. The average molecular weight is 321 g/mol. The van der Waals surface area contributed by atoms with Gasteiger partial charge in [-0.2, -0.15) is 0 Å². The zero-order valence-electron chi connectivity index (χ0n) is 11.8. The van der Waals surface area contributed by atoms with Crippen LogP contribution in [-0.2, 0) is 11.8 Å². The van der Waals surface area contributed by atoms with Crippen LogP contribution in [0, 0.1) is 0 Å². The number of nitrogens with zero attached hydrogens (tertiary/aromatic N) is 2. The first-order valence-corrected chi connectivity index (χ1v) is 8.39. The van der Waals surface area contributed by atoms with Gasteiger partial charge in [0.15, 0.2) is 0 Å². The van der Waals surface area contributed by atoms with E-state index < -0.39 is 5.38 Å². The molecule has 1 amide bonds. The first kappa shape index (κ1) is 14.5. The van der Waals surface area contributed by atoms with E-state index in [-0.39, 0.29) is 11.3 Å². The van der Waals surface area contributed by atoms with E-state index in [1.54, 1.807) is 11.8 Å². The van der Waals surface area contributed by atoms with E-state index in [0.717, 1.165) is 23.6 Å². The first-order valence-electron chi connectivity index (χ1n) is 6.91. The van der Waals surface area contributed by atoms with Gasteiger partial charge in [0.1, 0.15) is 10.8 Å². The molecule has 0 saturated carbocycles. The summed E-state index contributed by atoms with van der Waals surface area (Å²) in [6, 6.07) is 13.6. The Bertz CT molecular complexity index is 628. The van der Waals surface area contributed by atoms with Crippen molar-refractivity contribution >= 4 is 29.3 Å². The second kappa shape index (κ2) is 6.16. The van der Waals surface area contributed by atoms with Crippen molar-refractivity contribution in [2.75, 3.05) is 12.3 Å². The lowest BCUT2D eigenvalue weighted by atomic mass is 10.1. The smallest absolute Gasteiger partial charge is 0.246 e. The third-order valence-corrected chi connectivity index (χ3v) is 5.39. The molecule has 2 heterocycles. The largest absolute Gasteiger partial charge is 0.352 e. The third kappa shape index (κ3) is 2.83. The van der Waals surface area contributed by atoms with Gasteiger partial charge in [0, 0.05) is 25.5 Å². The highest BCUT2D eigenvalue weighted by molar-refractivity contribution is 7.99. The van der Waals surface area contributed by atoms with E-state index in [4.69, 9.17) is 11.6 Å². The maximum atomic E-state index is 12.7. The number of carbonyl (C=O) groups excluding carboxylic acids is 1. The number of halogens is 1. The number of amides is 1. The highest BCUT2D eigenvalue weighted by Crippen LogP contribution is 2.40. The molecular formula is C16H17ClN2OS. The highest BCUT2D eigenvalue weighted by atomic mass is 35.5. The molecule has 0 spiro atoms. The minimum Gasteiger partial charge on any atom is -0.352 e. The van der Waals surface area contributed by atoms with Gasteiger partial charge in [-0.15, -0.1) is 23.4 Å². The summed E-state index contributed by atoms with van der Waals surface area (Å²) in [5.74, 6) is 0.930. The van der Waals surface area contributed by atoms with Gasteiger partial charge in [-0.1, -0.05) is 30.3 Å². The number of carbonyl (C=O) groups is 1. The molecular weight excluding hydrogens is 304 g/mol. The lowest BCUT2D eigenvalue weighted by Gasteiger charge is -2.26. The van der Waals surface area contributed by atoms with Gasteiger partial charge in [-0.3, -0.25) is 4.79 Å². The van der Waals surface area contributed by atoms with Crippen LogP contribution in [0.1, 0.15) is 22.0 Å². The molecule has 3 rings (SSSR count). The van der Waals surface area contributed by atoms with Crippen LogP contribution in [0.5, 0.6) is 0 Å². The first-order chi connectivity index (χ1) is 10.2. The monoisotopic (exact) mass is 320 g/mol. The van der Waals surface area contributed by atoms with Crippen LogP contribution in [0.15, 0.2) is 48.7 Å². The van der Waals surface area contributed by atoms with Crippen molar-refractivity contribution in [3.8, 4) is 0 Å². The van der Waals surface area contributed by atoms with Crippen LogP contribution in [0.25, 0.3) is 0 Å². The molecule has 3 nitrogen and oxygen atoms in total. The molecule has 0 aliphatic carbocycles. The summed E-state index contributed by atoms with van der Waals surface area (Å²) in [5, 5.41) is -0.560. The lowest BCUT2D eigenvalue weighted by Crippen LogP contribution is -2.33. The number of rotatable bonds is 3. The summed E-state index contributed by atoms with van der Waals surface area (Å²) in [4.78, 5) is 14.6. The van der Waals surface area contributed by atoms with Gasteiger partial charge >= 0.3 is 0 Å². The van der Waals surface area contributed by atoms with Crippen LogP contribution in [0.3, 0.4) is 0 Å². The summed E-state index contributed by atoms with van der Waals surface area (Å²) >= 11 is 8.18. The summed E-state index contributed by atoms with van der Waals surface area (Å²) in [6.45, 7) is 0.745. The molecule has 1 aliphatic rings. The Kier molecular flexibility index (Phi) is 4.27. The standard InChI is InChI=1S/C16H17ClN2OS/c1-18-9-5-8-13(18)16-19(10-11-21-16)15(20)14(17)12-6-3-2-4-7-12/h2-9,14,16H,10-11H2,1H3/t14-,16+/m1/s1. The quantitative estimate of drug-likeness (QED) is 0.808. The molecule has 1 aliphatic heterocycles. The Morgan fingerprint density at radius 1 is 1.29 bits per heavy atom. The zero-order valence-corrected chi connectivity index (χ0v) is 13.3. The molecule has 1 aromatic heterocycles. The maximum Gasteiger partial charge on any atom is 0.246 e. The molecule has 2 aromatic rings. The fourth-order valence-corrected chi connectivity index (χ4v) is 4.18. The Hall–Kier alpha value is -1.39. The van der Waals surface area contributed by atoms with Crippen molar-refractivity contribution < 1.29 is 4.79 Å².